The van der Waals surface area contributed by atoms with Crippen LogP contribution in [0.15, 0.2) is 30.5 Å². The van der Waals surface area contributed by atoms with Gasteiger partial charge in [-0.05, 0) is 30.5 Å². The van der Waals surface area contributed by atoms with Crippen molar-refractivity contribution >= 4 is 5.91 Å². The van der Waals surface area contributed by atoms with Crippen LogP contribution in [0, 0.1) is 5.82 Å². The van der Waals surface area contributed by atoms with Gasteiger partial charge in [0.15, 0.2) is 0 Å². The molecular formula is C18H23FN4O. The van der Waals surface area contributed by atoms with Crippen molar-refractivity contribution in [1.82, 2.24) is 20.0 Å². The van der Waals surface area contributed by atoms with Crippen LogP contribution in [0.3, 0.4) is 0 Å². The number of aromatic nitrogens is 2. The summed E-state index contributed by atoms with van der Waals surface area (Å²) in [6.45, 7) is 6.02. The maximum atomic E-state index is 13.0. The number of nitrogens with one attached hydrogen (secondary N) is 1. The molecule has 0 bridgehead atoms. The Morgan fingerprint density at radius 1 is 1.21 bits per heavy atom. The van der Waals surface area contributed by atoms with Gasteiger partial charge in [0.25, 0.3) is 5.91 Å². The van der Waals surface area contributed by atoms with Crippen molar-refractivity contribution in [3.63, 3.8) is 0 Å². The number of nitrogens with zero attached hydrogens (tertiary/aromatic N) is 3. The summed E-state index contributed by atoms with van der Waals surface area (Å²) >= 11 is 0. The van der Waals surface area contributed by atoms with Gasteiger partial charge < -0.3 is 4.90 Å². The summed E-state index contributed by atoms with van der Waals surface area (Å²) in [4.78, 5) is 16.9. The first-order chi connectivity index (χ1) is 11.7. The molecule has 2 heterocycles. The Kier molecular flexibility index (Phi) is 5.25. The van der Waals surface area contributed by atoms with Crippen molar-refractivity contribution in [2.45, 2.75) is 26.3 Å². The average Bonchev–Trinajstić information content (AvgIpc) is 2.95. The van der Waals surface area contributed by atoms with Gasteiger partial charge in [0, 0.05) is 38.4 Å². The van der Waals surface area contributed by atoms with Gasteiger partial charge in [-0.1, -0.05) is 19.1 Å². The van der Waals surface area contributed by atoms with Crippen LogP contribution in [-0.4, -0.2) is 52.1 Å². The first kappa shape index (κ1) is 16.6. The summed E-state index contributed by atoms with van der Waals surface area (Å²) in [7, 11) is 0. The van der Waals surface area contributed by atoms with Crippen LogP contribution < -0.4 is 0 Å². The summed E-state index contributed by atoms with van der Waals surface area (Å²) in [5, 5.41) is 6.90. The number of aryl methyl sites for hydroxylation is 1. The second-order valence-electron chi connectivity index (χ2n) is 6.16. The molecule has 0 unspecified atom stereocenters. The quantitative estimate of drug-likeness (QED) is 0.937. The third-order valence-corrected chi connectivity index (χ3v) is 4.50. The van der Waals surface area contributed by atoms with E-state index < -0.39 is 0 Å². The highest BCUT2D eigenvalue weighted by Crippen LogP contribution is 2.14. The lowest BCUT2D eigenvalue weighted by molar-refractivity contribution is 0.0760. The van der Waals surface area contributed by atoms with Crippen LogP contribution in [0.2, 0.25) is 0 Å². The molecule has 1 aromatic heterocycles. The molecule has 2 aromatic rings. The van der Waals surface area contributed by atoms with Crippen LogP contribution in [0.1, 0.15) is 35.0 Å². The molecular weight excluding hydrogens is 307 g/mol. The van der Waals surface area contributed by atoms with E-state index in [-0.39, 0.29) is 11.7 Å². The van der Waals surface area contributed by atoms with E-state index in [1.165, 1.54) is 12.1 Å². The van der Waals surface area contributed by atoms with E-state index in [2.05, 4.69) is 15.1 Å². The fraction of sp³-hybridized carbons (Fsp3) is 0.444. The fourth-order valence-corrected chi connectivity index (χ4v) is 3.12. The molecule has 1 aromatic carbocycles. The van der Waals surface area contributed by atoms with Gasteiger partial charge in [0.2, 0.25) is 0 Å². The van der Waals surface area contributed by atoms with Crippen LogP contribution in [0.4, 0.5) is 4.39 Å². The number of carbonyl (C=O) groups excluding carboxylic acids is 1. The zero-order valence-corrected chi connectivity index (χ0v) is 14.0. The molecule has 0 saturated carbocycles. The van der Waals surface area contributed by atoms with Crippen molar-refractivity contribution < 1.29 is 9.18 Å². The van der Waals surface area contributed by atoms with Gasteiger partial charge in [-0.15, -0.1) is 0 Å². The van der Waals surface area contributed by atoms with Gasteiger partial charge in [0.05, 0.1) is 11.8 Å². The molecule has 0 aliphatic carbocycles. The maximum Gasteiger partial charge on any atom is 0.257 e. The van der Waals surface area contributed by atoms with E-state index in [0.29, 0.717) is 12.1 Å². The Morgan fingerprint density at radius 2 is 2.00 bits per heavy atom. The molecule has 3 rings (SSSR count). The monoisotopic (exact) mass is 330 g/mol. The number of benzene rings is 1. The molecule has 5 nitrogen and oxygen atoms in total. The molecule has 1 saturated heterocycles. The van der Waals surface area contributed by atoms with Crippen molar-refractivity contribution in [2.24, 2.45) is 0 Å². The molecule has 0 atom stereocenters. The minimum atomic E-state index is -0.210. The van der Waals surface area contributed by atoms with Gasteiger partial charge in [-0.25, -0.2) is 4.39 Å². The number of hydrogen-bond acceptors (Lipinski definition) is 3. The normalized spacial score (nSPS) is 16.2. The van der Waals surface area contributed by atoms with Gasteiger partial charge >= 0.3 is 0 Å². The van der Waals surface area contributed by atoms with Crippen molar-refractivity contribution in [3.8, 4) is 0 Å². The van der Waals surface area contributed by atoms with E-state index >= 15 is 0 Å². The van der Waals surface area contributed by atoms with Gasteiger partial charge in [-0.2, -0.15) is 5.10 Å². The predicted octanol–water partition coefficient (Wildman–Crippen LogP) is 2.46. The summed E-state index contributed by atoms with van der Waals surface area (Å²) < 4.78 is 13.0. The minimum Gasteiger partial charge on any atom is -0.337 e. The van der Waals surface area contributed by atoms with Gasteiger partial charge in [-0.3, -0.25) is 14.8 Å². The van der Waals surface area contributed by atoms with Crippen molar-refractivity contribution in [1.29, 1.82) is 0 Å². The topological polar surface area (TPSA) is 52.2 Å². The van der Waals surface area contributed by atoms with E-state index in [0.717, 1.165) is 50.3 Å². The first-order valence-electron chi connectivity index (χ1n) is 8.45. The lowest BCUT2D eigenvalue weighted by atomic mass is 10.2. The SMILES string of the molecule is CCc1[nH]ncc1C(=O)N1CCCN(Cc2ccc(F)cc2)CC1. The highest BCUT2D eigenvalue weighted by Gasteiger charge is 2.22. The van der Waals surface area contributed by atoms with E-state index in [4.69, 9.17) is 0 Å². The molecule has 128 valence electrons. The standard InChI is InChI=1S/C18H23FN4O/c1-2-17-16(12-20-21-17)18(24)23-9-3-8-22(10-11-23)13-14-4-6-15(19)7-5-14/h4-7,12H,2-3,8-11,13H2,1H3,(H,20,21). The number of rotatable bonds is 4. The number of H-pyrrole nitrogens is 1. The third kappa shape index (κ3) is 3.82. The molecule has 6 heteroatoms. The van der Waals surface area contributed by atoms with Crippen LogP contribution in [0.25, 0.3) is 0 Å². The zero-order chi connectivity index (χ0) is 16.9. The number of hydrogen-bond donors (Lipinski definition) is 1. The molecule has 0 radical (unpaired) electrons. The number of amides is 1. The summed E-state index contributed by atoms with van der Waals surface area (Å²) in [6.07, 6.45) is 3.33. The van der Waals surface area contributed by atoms with E-state index in [1.807, 2.05) is 24.0 Å². The zero-order valence-electron chi connectivity index (χ0n) is 14.0. The van der Waals surface area contributed by atoms with Crippen LogP contribution in [-0.2, 0) is 13.0 Å². The Balaban J connectivity index is 1.60. The first-order valence-corrected chi connectivity index (χ1v) is 8.45. The van der Waals surface area contributed by atoms with E-state index in [9.17, 15) is 9.18 Å². The maximum absolute atomic E-state index is 13.0. The highest BCUT2D eigenvalue weighted by molar-refractivity contribution is 5.95. The second-order valence-corrected chi connectivity index (χ2v) is 6.16. The molecule has 1 N–H and O–H groups in total. The molecule has 1 amide bonds. The fourth-order valence-electron chi connectivity index (χ4n) is 3.12. The average molecular weight is 330 g/mol. The molecule has 1 fully saturated rings. The predicted molar refractivity (Wildman–Crippen MR) is 90.2 cm³/mol. The Hall–Kier alpha value is -2.21. The number of halogens is 1. The summed E-state index contributed by atoms with van der Waals surface area (Å²) in [5.41, 5.74) is 2.68. The summed E-state index contributed by atoms with van der Waals surface area (Å²) in [6, 6.07) is 6.63. The molecule has 1 aliphatic rings. The Labute approximate surface area is 141 Å². The lowest BCUT2D eigenvalue weighted by Gasteiger charge is -2.22. The Bertz CT molecular complexity index is 683. The number of carbonyl (C=O) groups is 1. The van der Waals surface area contributed by atoms with Crippen molar-refractivity contribution in [3.05, 3.63) is 53.1 Å². The number of aromatic amines is 1. The minimum absolute atomic E-state index is 0.0595. The van der Waals surface area contributed by atoms with Crippen LogP contribution in [0.5, 0.6) is 0 Å². The lowest BCUT2D eigenvalue weighted by Crippen LogP contribution is -2.35. The second kappa shape index (κ2) is 7.57. The smallest absolute Gasteiger partial charge is 0.257 e. The molecule has 24 heavy (non-hydrogen) atoms. The third-order valence-electron chi connectivity index (χ3n) is 4.50. The molecule has 1 aliphatic heterocycles. The largest absolute Gasteiger partial charge is 0.337 e. The Morgan fingerprint density at radius 3 is 2.75 bits per heavy atom. The van der Waals surface area contributed by atoms with Crippen molar-refractivity contribution in [2.75, 3.05) is 26.2 Å². The van der Waals surface area contributed by atoms with Gasteiger partial charge in [0.1, 0.15) is 5.82 Å². The highest BCUT2D eigenvalue weighted by atomic mass is 19.1. The molecule has 0 spiro atoms. The van der Waals surface area contributed by atoms with Crippen LogP contribution >= 0.6 is 0 Å². The summed E-state index contributed by atoms with van der Waals surface area (Å²) in [5.74, 6) is -0.150. The van der Waals surface area contributed by atoms with E-state index in [1.54, 1.807) is 6.20 Å².